The molecule has 16 heavy (non-hydrogen) atoms. The van der Waals surface area contributed by atoms with E-state index in [1.165, 1.54) is 0 Å². The van der Waals surface area contributed by atoms with Gasteiger partial charge < -0.3 is 20.1 Å². The summed E-state index contributed by atoms with van der Waals surface area (Å²) in [6, 6.07) is -0.278. The topological polar surface area (TPSA) is 82.0 Å². The summed E-state index contributed by atoms with van der Waals surface area (Å²) in [6.45, 7) is 7.34. The molecule has 0 fully saturated rings. The average Bonchev–Trinajstić information content (AvgIpc) is 2.13. The standard InChI is InChI=1S/C11H25NO4/c1-8(6-13)5-9(7-14)12-10(15)16-11(2,3)4/h8-10,12-15H,5-7H2,1-4H3/t8-,9+,10?/m1/s1. The predicted octanol–water partition coefficient (Wildman–Crippen LogP) is 0.0464. The molecule has 0 aromatic heterocycles. The van der Waals surface area contributed by atoms with Gasteiger partial charge in [-0.2, -0.15) is 0 Å². The van der Waals surface area contributed by atoms with Gasteiger partial charge in [0.25, 0.3) is 0 Å². The zero-order chi connectivity index (χ0) is 12.8. The summed E-state index contributed by atoms with van der Waals surface area (Å²) in [7, 11) is 0. The van der Waals surface area contributed by atoms with Gasteiger partial charge in [0.1, 0.15) is 0 Å². The first kappa shape index (κ1) is 15.8. The van der Waals surface area contributed by atoms with Crippen LogP contribution in [0, 0.1) is 5.92 Å². The number of aliphatic hydroxyl groups is 3. The molecule has 0 bridgehead atoms. The Labute approximate surface area is 97.4 Å². The Morgan fingerprint density at radius 3 is 2.12 bits per heavy atom. The lowest BCUT2D eigenvalue weighted by atomic mass is 10.0. The van der Waals surface area contributed by atoms with Crippen LogP contribution >= 0.6 is 0 Å². The molecule has 3 atom stereocenters. The maximum Gasteiger partial charge on any atom is 0.214 e. The Kier molecular flexibility index (Phi) is 7.10. The summed E-state index contributed by atoms with van der Waals surface area (Å²) >= 11 is 0. The summed E-state index contributed by atoms with van der Waals surface area (Å²) < 4.78 is 5.26. The SMILES string of the molecule is C[C@@H](CO)C[C@@H](CO)NC(O)OC(C)(C)C. The highest BCUT2D eigenvalue weighted by atomic mass is 16.6. The third-order valence-electron chi connectivity index (χ3n) is 2.06. The van der Waals surface area contributed by atoms with Crippen LogP contribution in [-0.4, -0.2) is 46.6 Å². The number of aliphatic hydroxyl groups excluding tert-OH is 3. The molecule has 0 radical (unpaired) electrons. The monoisotopic (exact) mass is 235 g/mol. The van der Waals surface area contributed by atoms with Gasteiger partial charge >= 0.3 is 0 Å². The van der Waals surface area contributed by atoms with Crippen LogP contribution in [0.3, 0.4) is 0 Å². The largest absolute Gasteiger partial charge is 0.396 e. The van der Waals surface area contributed by atoms with Crippen molar-refractivity contribution in [2.24, 2.45) is 5.92 Å². The van der Waals surface area contributed by atoms with Crippen molar-refractivity contribution in [2.75, 3.05) is 13.2 Å². The van der Waals surface area contributed by atoms with Crippen molar-refractivity contribution in [3.8, 4) is 0 Å². The second-order valence-corrected chi connectivity index (χ2v) is 5.15. The number of rotatable bonds is 7. The fourth-order valence-corrected chi connectivity index (χ4v) is 1.33. The van der Waals surface area contributed by atoms with Gasteiger partial charge in [0.05, 0.1) is 12.2 Å². The minimum atomic E-state index is -1.11. The van der Waals surface area contributed by atoms with Gasteiger partial charge in [0, 0.05) is 12.6 Å². The second-order valence-electron chi connectivity index (χ2n) is 5.15. The van der Waals surface area contributed by atoms with Crippen LogP contribution in [-0.2, 0) is 4.74 Å². The van der Waals surface area contributed by atoms with Crippen LogP contribution in [0.5, 0.6) is 0 Å². The Morgan fingerprint density at radius 1 is 1.19 bits per heavy atom. The summed E-state index contributed by atoms with van der Waals surface area (Å²) in [5.41, 5.74) is -0.449. The first-order valence-electron chi connectivity index (χ1n) is 5.62. The molecule has 4 N–H and O–H groups in total. The van der Waals surface area contributed by atoms with E-state index in [9.17, 15) is 5.11 Å². The van der Waals surface area contributed by atoms with Crippen molar-refractivity contribution in [3.63, 3.8) is 0 Å². The minimum absolute atomic E-state index is 0.0639. The highest BCUT2D eigenvalue weighted by molar-refractivity contribution is 4.69. The van der Waals surface area contributed by atoms with E-state index in [1.807, 2.05) is 27.7 Å². The number of ether oxygens (including phenoxy) is 1. The molecular formula is C11H25NO4. The molecule has 5 heteroatoms. The summed E-state index contributed by atoms with van der Waals surface area (Å²) in [5, 5.41) is 30.3. The molecule has 0 amide bonds. The molecule has 0 saturated heterocycles. The normalized spacial score (nSPS) is 18.2. The van der Waals surface area contributed by atoms with Gasteiger partial charge in [-0.05, 0) is 33.1 Å². The zero-order valence-corrected chi connectivity index (χ0v) is 10.6. The third kappa shape index (κ3) is 8.01. The van der Waals surface area contributed by atoms with Crippen LogP contribution in [0.15, 0.2) is 0 Å². The fraction of sp³-hybridized carbons (Fsp3) is 1.00. The van der Waals surface area contributed by atoms with Crippen molar-refractivity contribution in [1.82, 2.24) is 5.32 Å². The van der Waals surface area contributed by atoms with Gasteiger partial charge in [-0.1, -0.05) is 6.92 Å². The van der Waals surface area contributed by atoms with E-state index >= 15 is 0 Å². The molecule has 0 aliphatic carbocycles. The van der Waals surface area contributed by atoms with Crippen molar-refractivity contribution < 1.29 is 20.1 Å². The highest BCUT2D eigenvalue weighted by Gasteiger charge is 2.20. The first-order chi connectivity index (χ1) is 7.28. The smallest absolute Gasteiger partial charge is 0.214 e. The third-order valence-corrected chi connectivity index (χ3v) is 2.06. The van der Waals surface area contributed by atoms with E-state index in [4.69, 9.17) is 14.9 Å². The van der Waals surface area contributed by atoms with Gasteiger partial charge in [-0.3, -0.25) is 5.32 Å². The van der Waals surface area contributed by atoms with Crippen LogP contribution in [0.2, 0.25) is 0 Å². The molecule has 0 aromatic carbocycles. The molecule has 5 nitrogen and oxygen atoms in total. The van der Waals surface area contributed by atoms with Gasteiger partial charge in [0.15, 0.2) is 0 Å². The van der Waals surface area contributed by atoms with E-state index in [-0.39, 0.29) is 25.2 Å². The number of nitrogens with one attached hydrogen (secondary N) is 1. The molecular weight excluding hydrogens is 210 g/mol. The molecule has 0 aliphatic heterocycles. The van der Waals surface area contributed by atoms with Crippen molar-refractivity contribution in [1.29, 1.82) is 0 Å². The summed E-state index contributed by atoms with van der Waals surface area (Å²) in [5.74, 6) is 0.0755. The molecule has 0 aromatic rings. The predicted molar refractivity (Wildman–Crippen MR) is 61.7 cm³/mol. The number of hydrogen-bond acceptors (Lipinski definition) is 5. The maximum atomic E-state index is 9.56. The molecule has 1 unspecified atom stereocenters. The summed E-state index contributed by atoms with van der Waals surface area (Å²) in [4.78, 5) is 0. The van der Waals surface area contributed by atoms with E-state index in [1.54, 1.807) is 0 Å². The minimum Gasteiger partial charge on any atom is -0.396 e. The Bertz CT molecular complexity index is 181. The zero-order valence-electron chi connectivity index (χ0n) is 10.6. The van der Waals surface area contributed by atoms with Crippen LogP contribution in [0.4, 0.5) is 0 Å². The van der Waals surface area contributed by atoms with E-state index < -0.39 is 12.0 Å². The van der Waals surface area contributed by atoms with Gasteiger partial charge in [-0.15, -0.1) is 0 Å². The Balaban J connectivity index is 4.01. The molecule has 0 saturated carbocycles. The lowest BCUT2D eigenvalue weighted by molar-refractivity contribution is -0.187. The molecule has 0 spiro atoms. The Morgan fingerprint density at radius 2 is 1.75 bits per heavy atom. The quantitative estimate of drug-likeness (QED) is 0.469. The number of hydrogen-bond donors (Lipinski definition) is 4. The lowest BCUT2D eigenvalue weighted by Crippen LogP contribution is -2.46. The average molecular weight is 235 g/mol. The van der Waals surface area contributed by atoms with E-state index in [0.29, 0.717) is 6.42 Å². The second kappa shape index (κ2) is 7.19. The van der Waals surface area contributed by atoms with E-state index in [2.05, 4.69) is 5.32 Å². The Hall–Kier alpha value is -0.200. The molecule has 0 heterocycles. The fourth-order valence-electron chi connectivity index (χ4n) is 1.33. The van der Waals surface area contributed by atoms with Crippen molar-refractivity contribution in [2.45, 2.75) is 52.2 Å². The van der Waals surface area contributed by atoms with Crippen LogP contribution < -0.4 is 5.32 Å². The molecule has 0 aliphatic rings. The van der Waals surface area contributed by atoms with E-state index in [0.717, 1.165) is 0 Å². The van der Waals surface area contributed by atoms with Crippen molar-refractivity contribution in [3.05, 3.63) is 0 Å². The van der Waals surface area contributed by atoms with Crippen LogP contribution in [0.25, 0.3) is 0 Å². The van der Waals surface area contributed by atoms with Gasteiger partial charge in [0.2, 0.25) is 6.41 Å². The highest BCUT2D eigenvalue weighted by Crippen LogP contribution is 2.10. The summed E-state index contributed by atoms with van der Waals surface area (Å²) in [6.07, 6.45) is -0.527. The van der Waals surface area contributed by atoms with Crippen LogP contribution in [0.1, 0.15) is 34.1 Å². The lowest BCUT2D eigenvalue weighted by Gasteiger charge is -2.28. The van der Waals surface area contributed by atoms with Crippen molar-refractivity contribution >= 4 is 0 Å². The molecule has 0 rings (SSSR count). The van der Waals surface area contributed by atoms with Gasteiger partial charge in [-0.25, -0.2) is 0 Å². The maximum absolute atomic E-state index is 9.56. The first-order valence-corrected chi connectivity index (χ1v) is 5.62. The molecule has 98 valence electrons.